The molecular formula is C15H14O3. The molecule has 0 spiro atoms. The fourth-order valence-electron chi connectivity index (χ4n) is 1.95. The second-order valence-electron chi connectivity index (χ2n) is 3.97. The van der Waals surface area contributed by atoms with Crippen molar-refractivity contribution in [1.29, 1.82) is 0 Å². The molecule has 0 saturated heterocycles. The molecule has 0 fully saturated rings. The van der Waals surface area contributed by atoms with Crippen LogP contribution < -0.4 is 4.74 Å². The molecule has 1 N–H and O–H groups in total. The van der Waals surface area contributed by atoms with Crippen LogP contribution in [0, 0.1) is 0 Å². The molecule has 3 heteroatoms. The highest BCUT2D eigenvalue weighted by atomic mass is 16.5. The minimum atomic E-state index is -0.971. The van der Waals surface area contributed by atoms with Gasteiger partial charge in [-0.05, 0) is 17.2 Å². The lowest BCUT2D eigenvalue weighted by atomic mass is 10.0. The molecule has 0 radical (unpaired) electrons. The van der Waals surface area contributed by atoms with E-state index < -0.39 is 5.97 Å². The zero-order chi connectivity index (χ0) is 13.0. The Morgan fingerprint density at radius 3 is 2.44 bits per heavy atom. The quantitative estimate of drug-likeness (QED) is 0.896. The number of rotatable bonds is 4. The summed E-state index contributed by atoms with van der Waals surface area (Å²) in [6, 6.07) is 15.1. The largest absolute Gasteiger partial charge is 0.496 e. The molecule has 0 unspecified atom stereocenters. The normalized spacial score (nSPS) is 10.1. The topological polar surface area (TPSA) is 46.5 Å². The number of benzene rings is 2. The summed E-state index contributed by atoms with van der Waals surface area (Å²) < 4.78 is 5.23. The first-order valence-corrected chi connectivity index (χ1v) is 5.65. The van der Waals surface area contributed by atoms with Gasteiger partial charge in [0.1, 0.15) is 11.3 Å². The van der Waals surface area contributed by atoms with Crippen molar-refractivity contribution in [1.82, 2.24) is 0 Å². The lowest BCUT2D eigenvalue weighted by molar-refractivity contribution is 0.0693. The minimum Gasteiger partial charge on any atom is -0.496 e. The summed E-state index contributed by atoms with van der Waals surface area (Å²) in [4.78, 5) is 11.1. The Bertz CT molecular complexity index is 547. The maximum Gasteiger partial charge on any atom is 0.339 e. The van der Waals surface area contributed by atoms with Crippen LogP contribution in [0.25, 0.3) is 0 Å². The smallest absolute Gasteiger partial charge is 0.339 e. The monoisotopic (exact) mass is 242 g/mol. The van der Waals surface area contributed by atoms with E-state index in [-0.39, 0.29) is 5.56 Å². The van der Waals surface area contributed by atoms with E-state index in [2.05, 4.69) is 0 Å². The summed E-state index contributed by atoms with van der Waals surface area (Å²) in [6.45, 7) is 0. The van der Waals surface area contributed by atoms with Gasteiger partial charge in [0.25, 0.3) is 0 Å². The lowest BCUT2D eigenvalue weighted by Gasteiger charge is -2.11. The van der Waals surface area contributed by atoms with Crippen molar-refractivity contribution in [2.45, 2.75) is 6.42 Å². The van der Waals surface area contributed by atoms with Crippen molar-refractivity contribution in [3.63, 3.8) is 0 Å². The van der Waals surface area contributed by atoms with Gasteiger partial charge in [-0.1, -0.05) is 42.5 Å². The van der Waals surface area contributed by atoms with Crippen molar-refractivity contribution >= 4 is 5.97 Å². The number of carboxylic acid groups (broad SMARTS) is 1. The highest BCUT2D eigenvalue weighted by Crippen LogP contribution is 2.26. The average Bonchev–Trinajstić information content (AvgIpc) is 2.39. The molecule has 3 nitrogen and oxygen atoms in total. The molecular weight excluding hydrogens is 228 g/mol. The Hall–Kier alpha value is -2.29. The predicted molar refractivity (Wildman–Crippen MR) is 69.2 cm³/mol. The number of para-hydroxylation sites is 1. The molecule has 0 aliphatic rings. The lowest BCUT2D eigenvalue weighted by Crippen LogP contribution is -2.03. The van der Waals surface area contributed by atoms with Gasteiger partial charge in [-0.3, -0.25) is 0 Å². The zero-order valence-electron chi connectivity index (χ0n) is 10.1. The van der Waals surface area contributed by atoms with Crippen molar-refractivity contribution in [2.24, 2.45) is 0 Å². The maximum atomic E-state index is 11.1. The summed E-state index contributed by atoms with van der Waals surface area (Å²) in [5.41, 5.74) is 2.20. The molecule has 0 aliphatic carbocycles. The van der Waals surface area contributed by atoms with Gasteiger partial charge >= 0.3 is 5.97 Å². The fraction of sp³-hybridized carbons (Fsp3) is 0.133. The van der Waals surface area contributed by atoms with Gasteiger partial charge in [0, 0.05) is 6.42 Å². The first-order valence-electron chi connectivity index (χ1n) is 5.65. The SMILES string of the molecule is COc1c(Cc2ccccc2)cccc1C(=O)O. The molecule has 0 amide bonds. The number of carbonyl (C=O) groups is 1. The third-order valence-corrected chi connectivity index (χ3v) is 2.77. The van der Waals surface area contributed by atoms with Crippen molar-refractivity contribution in [2.75, 3.05) is 7.11 Å². The molecule has 0 bridgehead atoms. The van der Waals surface area contributed by atoms with Gasteiger partial charge in [-0.25, -0.2) is 4.79 Å². The van der Waals surface area contributed by atoms with Gasteiger partial charge < -0.3 is 9.84 Å². The fourth-order valence-corrected chi connectivity index (χ4v) is 1.95. The summed E-state index contributed by atoms with van der Waals surface area (Å²) in [6.07, 6.45) is 0.658. The predicted octanol–water partition coefficient (Wildman–Crippen LogP) is 2.98. The van der Waals surface area contributed by atoms with E-state index in [9.17, 15) is 4.79 Å². The third kappa shape index (κ3) is 2.51. The van der Waals surface area contributed by atoms with Crippen molar-refractivity contribution in [3.8, 4) is 5.75 Å². The third-order valence-electron chi connectivity index (χ3n) is 2.77. The van der Waals surface area contributed by atoms with Crippen LogP contribution in [0.2, 0.25) is 0 Å². The maximum absolute atomic E-state index is 11.1. The van der Waals surface area contributed by atoms with E-state index in [0.717, 1.165) is 11.1 Å². The Kier molecular flexibility index (Phi) is 3.63. The zero-order valence-corrected chi connectivity index (χ0v) is 10.1. The average molecular weight is 242 g/mol. The van der Waals surface area contributed by atoms with Crippen LogP contribution in [-0.4, -0.2) is 18.2 Å². The van der Waals surface area contributed by atoms with E-state index in [1.165, 1.54) is 7.11 Å². The summed E-state index contributed by atoms with van der Waals surface area (Å²) in [5, 5.41) is 9.11. The number of hydrogen-bond donors (Lipinski definition) is 1. The van der Waals surface area contributed by atoms with E-state index in [4.69, 9.17) is 9.84 Å². The second kappa shape index (κ2) is 5.36. The highest BCUT2D eigenvalue weighted by Gasteiger charge is 2.14. The van der Waals surface area contributed by atoms with E-state index >= 15 is 0 Å². The molecule has 92 valence electrons. The van der Waals surface area contributed by atoms with Crippen molar-refractivity contribution in [3.05, 3.63) is 65.2 Å². The Balaban J connectivity index is 2.39. The van der Waals surface area contributed by atoms with Crippen LogP contribution in [0.1, 0.15) is 21.5 Å². The number of methoxy groups -OCH3 is 1. The Morgan fingerprint density at radius 2 is 1.83 bits per heavy atom. The number of carboxylic acids is 1. The van der Waals surface area contributed by atoms with E-state index in [0.29, 0.717) is 12.2 Å². The van der Waals surface area contributed by atoms with Crippen LogP contribution in [0.15, 0.2) is 48.5 Å². The molecule has 0 atom stereocenters. The Labute approximate surface area is 106 Å². The van der Waals surface area contributed by atoms with Crippen LogP contribution in [0.3, 0.4) is 0 Å². The molecule has 0 saturated carbocycles. The van der Waals surface area contributed by atoms with Crippen LogP contribution in [-0.2, 0) is 6.42 Å². The van der Waals surface area contributed by atoms with Crippen LogP contribution in [0.4, 0.5) is 0 Å². The number of hydrogen-bond acceptors (Lipinski definition) is 2. The van der Waals surface area contributed by atoms with E-state index in [1.54, 1.807) is 12.1 Å². The molecule has 0 heterocycles. The van der Waals surface area contributed by atoms with Gasteiger partial charge in [0.2, 0.25) is 0 Å². The Morgan fingerprint density at radius 1 is 1.11 bits per heavy atom. The molecule has 2 rings (SSSR count). The molecule has 2 aromatic rings. The van der Waals surface area contributed by atoms with E-state index in [1.807, 2.05) is 36.4 Å². The summed E-state index contributed by atoms with van der Waals surface area (Å²) >= 11 is 0. The summed E-state index contributed by atoms with van der Waals surface area (Å²) in [7, 11) is 1.50. The van der Waals surface area contributed by atoms with Gasteiger partial charge in [0.15, 0.2) is 0 Å². The number of ether oxygens (including phenoxy) is 1. The first-order chi connectivity index (χ1) is 8.72. The molecule has 0 aromatic heterocycles. The first kappa shape index (κ1) is 12.2. The summed E-state index contributed by atoms with van der Waals surface area (Å²) in [5.74, 6) is -0.532. The van der Waals surface area contributed by atoms with Crippen LogP contribution >= 0.6 is 0 Å². The molecule has 18 heavy (non-hydrogen) atoms. The van der Waals surface area contributed by atoms with Gasteiger partial charge in [-0.2, -0.15) is 0 Å². The molecule has 2 aromatic carbocycles. The standard InChI is InChI=1S/C15H14O3/c1-18-14-12(8-5-9-13(14)15(16)17)10-11-6-3-2-4-7-11/h2-9H,10H2,1H3,(H,16,17). The van der Waals surface area contributed by atoms with Gasteiger partial charge in [-0.15, -0.1) is 0 Å². The second-order valence-corrected chi connectivity index (χ2v) is 3.97. The molecule has 0 aliphatic heterocycles. The van der Waals surface area contributed by atoms with Crippen LogP contribution in [0.5, 0.6) is 5.75 Å². The highest BCUT2D eigenvalue weighted by molar-refractivity contribution is 5.91. The number of aromatic carboxylic acids is 1. The minimum absolute atomic E-state index is 0.200. The van der Waals surface area contributed by atoms with Gasteiger partial charge in [0.05, 0.1) is 7.11 Å². The van der Waals surface area contributed by atoms with Crippen molar-refractivity contribution < 1.29 is 14.6 Å².